The fourth-order valence-corrected chi connectivity index (χ4v) is 3.29. The first kappa shape index (κ1) is 14.8. The minimum Gasteiger partial charge on any atom is -0.457 e. The number of benzene rings is 2. The molecule has 2 aromatic carbocycles. The molecule has 0 N–H and O–H groups in total. The molecule has 0 aliphatic heterocycles. The monoisotopic (exact) mass is 287 g/mol. The summed E-state index contributed by atoms with van der Waals surface area (Å²) in [6.07, 6.45) is 0. The lowest BCUT2D eigenvalue weighted by molar-refractivity contribution is 0.225. The van der Waals surface area contributed by atoms with Gasteiger partial charge in [-0.1, -0.05) is 36.4 Å². The van der Waals surface area contributed by atoms with E-state index in [1.165, 1.54) is 0 Å². The second kappa shape index (κ2) is 7.84. The van der Waals surface area contributed by atoms with Gasteiger partial charge in [-0.3, -0.25) is 0 Å². The molecule has 0 saturated heterocycles. The van der Waals surface area contributed by atoms with Crippen molar-refractivity contribution < 1.29 is 13.6 Å². The van der Waals surface area contributed by atoms with Gasteiger partial charge in [0.15, 0.2) is 0 Å². The molecule has 0 aromatic heterocycles. The van der Waals surface area contributed by atoms with Gasteiger partial charge in [-0.15, -0.1) is 0 Å². The fourth-order valence-electron chi connectivity index (χ4n) is 1.80. The summed E-state index contributed by atoms with van der Waals surface area (Å²) in [5.41, 5.74) is 0. The number of hydrogen-bond acceptors (Lipinski definition) is 3. The Hall–Kier alpha value is -1.62. The van der Waals surface area contributed by atoms with Crippen LogP contribution in [0.1, 0.15) is 13.8 Å². The average molecular weight is 287 g/mol. The van der Waals surface area contributed by atoms with Crippen LogP contribution in [-0.2, 0) is 8.85 Å². The Labute approximate surface area is 122 Å². The van der Waals surface area contributed by atoms with Crippen molar-refractivity contribution in [3.8, 4) is 11.5 Å². The summed E-state index contributed by atoms with van der Waals surface area (Å²) in [7, 11) is -1.50. The second-order valence-electron chi connectivity index (χ2n) is 4.06. The maximum atomic E-state index is 5.95. The van der Waals surface area contributed by atoms with E-state index in [1.807, 2.05) is 68.4 Å². The smallest absolute Gasteiger partial charge is 0.427 e. The van der Waals surface area contributed by atoms with E-state index in [0.29, 0.717) is 13.2 Å². The van der Waals surface area contributed by atoms with Gasteiger partial charge in [0.2, 0.25) is 0 Å². The molecule has 0 aliphatic rings. The zero-order chi connectivity index (χ0) is 14.2. The summed E-state index contributed by atoms with van der Waals surface area (Å²) >= 11 is 0. The van der Waals surface area contributed by atoms with E-state index in [1.54, 1.807) is 0 Å². The van der Waals surface area contributed by atoms with Crippen molar-refractivity contribution in [3.63, 3.8) is 0 Å². The van der Waals surface area contributed by atoms with E-state index in [2.05, 4.69) is 0 Å². The minimum atomic E-state index is -1.50. The van der Waals surface area contributed by atoms with Crippen LogP contribution in [0.3, 0.4) is 0 Å². The first-order valence-corrected chi connectivity index (χ1v) is 8.11. The summed E-state index contributed by atoms with van der Waals surface area (Å²) in [5, 5.41) is 1.00. The maximum Gasteiger partial charge on any atom is 0.427 e. The van der Waals surface area contributed by atoms with Crippen molar-refractivity contribution in [1.82, 2.24) is 0 Å². The third-order valence-electron chi connectivity index (χ3n) is 2.63. The highest BCUT2D eigenvalue weighted by atomic mass is 28.3. The van der Waals surface area contributed by atoms with Gasteiger partial charge in [0, 0.05) is 18.4 Å². The molecule has 0 fully saturated rings. The van der Waals surface area contributed by atoms with Crippen molar-refractivity contribution in [2.45, 2.75) is 13.8 Å². The molecule has 3 nitrogen and oxygen atoms in total. The zero-order valence-electron chi connectivity index (χ0n) is 11.8. The molecule has 0 heterocycles. The minimum absolute atomic E-state index is 0.633. The van der Waals surface area contributed by atoms with E-state index >= 15 is 0 Å². The molecule has 0 atom stereocenters. The molecule has 4 heteroatoms. The van der Waals surface area contributed by atoms with E-state index < -0.39 is 9.28 Å². The van der Waals surface area contributed by atoms with Crippen LogP contribution in [0.4, 0.5) is 0 Å². The van der Waals surface area contributed by atoms with Crippen LogP contribution in [0.5, 0.6) is 11.5 Å². The Morgan fingerprint density at radius 2 is 1.40 bits per heavy atom. The lowest BCUT2D eigenvalue weighted by atomic mass is 10.3. The molecular weight excluding hydrogens is 268 g/mol. The van der Waals surface area contributed by atoms with Gasteiger partial charge in [0.1, 0.15) is 11.5 Å². The summed E-state index contributed by atoms with van der Waals surface area (Å²) in [6.45, 7) is 5.22. The highest BCUT2D eigenvalue weighted by molar-refractivity contribution is 6.62. The first-order chi connectivity index (χ1) is 9.85. The fraction of sp³-hybridized carbons (Fsp3) is 0.250. The van der Waals surface area contributed by atoms with Crippen molar-refractivity contribution in [2.24, 2.45) is 0 Å². The largest absolute Gasteiger partial charge is 0.457 e. The van der Waals surface area contributed by atoms with Crippen LogP contribution in [0.25, 0.3) is 0 Å². The molecule has 0 saturated carbocycles. The Balaban J connectivity index is 2.24. The van der Waals surface area contributed by atoms with Crippen LogP contribution in [0.15, 0.2) is 54.6 Å². The first-order valence-electron chi connectivity index (χ1n) is 6.80. The number of hydrogen-bond donors (Lipinski definition) is 0. The van der Waals surface area contributed by atoms with Crippen molar-refractivity contribution in [1.29, 1.82) is 0 Å². The van der Waals surface area contributed by atoms with Crippen molar-refractivity contribution >= 4 is 14.5 Å². The van der Waals surface area contributed by atoms with Crippen LogP contribution in [-0.4, -0.2) is 22.5 Å². The quantitative estimate of drug-likeness (QED) is 0.732. The molecule has 0 aliphatic carbocycles. The van der Waals surface area contributed by atoms with Gasteiger partial charge in [0.25, 0.3) is 0 Å². The predicted molar refractivity (Wildman–Crippen MR) is 81.6 cm³/mol. The topological polar surface area (TPSA) is 27.7 Å². The van der Waals surface area contributed by atoms with Crippen LogP contribution in [0, 0.1) is 0 Å². The Morgan fingerprint density at radius 1 is 0.800 bits per heavy atom. The van der Waals surface area contributed by atoms with Crippen molar-refractivity contribution in [3.05, 3.63) is 54.6 Å². The molecule has 0 spiro atoms. The zero-order valence-corrected chi connectivity index (χ0v) is 12.8. The lowest BCUT2D eigenvalue weighted by Gasteiger charge is -2.17. The van der Waals surface area contributed by atoms with Gasteiger partial charge < -0.3 is 13.6 Å². The number of para-hydroxylation sites is 2. The number of ether oxygens (including phenoxy) is 1. The van der Waals surface area contributed by atoms with Gasteiger partial charge in [-0.25, -0.2) is 0 Å². The number of rotatable bonds is 7. The average Bonchev–Trinajstić information content (AvgIpc) is 2.49. The molecule has 0 bridgehead atoms. The molecule has 0 unspecified atom stereocenters. The Morgan fingerprint density at radius 3 is 2.05 bits per heavy atom. The molecule has 2 aromatic rings. The SMILES string of the molecule is CCO[Si](OCC)c1ccccc1Oc1ccccc1. The van der Waals surface area contributed by atoms with Crippen molar-refractivity contribution in [2.75, 3.05) is 13.2 Å². The van der Waals surface area contributed by atoms with E-state index in [-0.39, 0.29) is 0 Å². The standard InChI is InChI=1S/C16H19O3Si/c1-3-17-20(18-4-2)16-13-9-8-12-15(16)19-14-10-6-5-7-11-14/h5-13H,3-4H2,1-2H3. The predicted octanol–water partition coefficient (Wildman–Crippen LogP) is 3.25. The third kappa shape index (κ3) is 3.93. The molecule has 105 valence electrons. The van der Waals surface area contributed by atoms with Gasteiger partial charge in [-0.05, 0) is 32.0 Å². The molecule has 0 amide bonds. The normalized spacial score (nSPS) is 10.8. The molecule has 1 radical (unpaired) electrons. The van der Waals surface area contributed by atoms with Crippen LogP contribution in [0.2, 0.25) is 0 Å². The Kier molecular flexibility index (Phi) is 5.80. The van der Waals surface area contributed by atoms with E-state index in [4.69, 9.17) is 13.6 Å². The Bertz CT molecular complexity index is 510. The highest BCUT2D eigenvalue weighted by Crippen LogP contribution is 2.19. The molecule has 20 heavy (non-hydrogen) atoms. The summed E-state index contributed by atoms with van der Waals surface area (Å²) in [4.78, 5) is 0. The molecule has 2 rings (SSSR count). The summed E-state index contributed by atoms with van der Waals surface area (Å²) in [6, 6.07) is 17.6. The van der Waals surface area contributed by atoms with Gasteiger partial charge in [0.05, 0.1) is 0 Å². The van der Waals surface area contributed by atoms with Crippen LogP contribution >= 0.6 is 0 Å². The molecular formula is C16H19O3Si. The maximum absolute atomic E-state index is 5.95. The van der Waals surface area contributed by atoms with Gasteiger partial charge in [-0.2, -0.15) is 0 Å². The van der Waals surface area contributed by atoms with Crippen LogP contribution < -0.4 is 9.92 Å². The highest BCUT2D eigenvalue weighted by Gasteiger charge is 2.22. The van der Waals surface area contributed by atoms with Gasteiger partial charge >= 0.3 is 9.28 Å². The lowest BCUT2D eigenvalue weighted by Crippen LogP contribution is -2.37. The van der Waals surface area contributed by atoms with E-state index in [0.717, 1.165) is 16.7 Å². The second-order valence-corrected chi connectivity index (χ2v) is 5.76. The van der Waals surface area contributed by atoms with E-state index in [9.17, 15) is 0 Å². The summed E-state index contributed by atoms with van der Waals surface area (Å²) in [5.74, 6) is 1.61. The summed E-state index contributed by atoms with van der Waals surface area (Å²) < 4.78 is 17.4. The third-order valence-corrected chi connectivity index (χ3v) is 4.58.